The first-order chi connectivity index (χ1) is 6.79. The van der Waals surface area contributed by atoms with E-state index in [2.05, 4.69) is 20.1 Å². The summed E-state index contributed by atoms with van der Waals surface area (Å²) >= 11 is 0. The van der Waals surface area contributed by atoms with E-state index in [0.717, 1.165) is 6.54 Å². The van der Waals surface area contributed by atoms with Crippen LogP contribution in [-0.4, -0.2) is 68.1 Å². The maximum atomic E-state index is 5.60. The highest BCUT2D eigenvalue weighted by Crippen LogP contribution is 2.14. The number of nitrogens with one attached hydrogen (secondary N) is 1. The molecule has 80 valence electrons. The van der Waals surface area contributed by atoms with Gasteiger partial charge in [-0.25, -0.2) is 0 Å². The van der Waals surface area contributed by atoms with E-state index in [1.807, 2.05) is 0 Å². The number of fused-ring (bicyclic) bond motifs is 3. The van der Waals surface area contributed by atoms with Crippen LogP contribution in [0.1, 0.15) is 0 Å². The highest BCUT2D eigenvalue weighted by atomic mass is 15.4. The van der Waals surface area contributed by atoms with Gasteiger partial charge in [0.05, 0.1) is 0 Å². The van der Waals surface area contributed by atoms with Gasteiger partial charge in [-0.3, -0.25) is 14.8 Å². The van der Waals surface area contributed by atoms with E-state index < -0.39 is 0 Å². The third-order valence-corrected chi connectivity index (χ3v) is 3.15. The van der Waals surface area contributed by atoms with Crippen LogP contribution in [0.4, 0.5) is 0 Å². The number of guanidine groups is 1. The van der Waals surface area contributed by atoms with Crippen molar-refractivity contribution in [2.45, 2.75) is 6.04 Å². The SMILES string of the molecule is CN=C(N)NCC1CN2CCN1CC2. The molecule has 3 rings (SSSR count). The summed E-state index contributed by atoms with van der Waals surface area (Å²) in [6, 6.07) is 0.609. The van der Waals surface area contributed by atoms with Crippen molar-refractivity contribution in [3.05, 3.63) is 0 Å². The molecular weight excluding hydrogens is 178 g/mol. The van der Waals surface area contributed by atoms with Crippen LogP contribution in [0.2, 0.25) is 0 Å². The van der Waals surface area contributed by atoms with Gasteiger partial charge in [-0.05, 0) is 0 Å². The summed E-state index contributed by atoms with van der Waals surface area (Å²) in [4.78, 5) is 8.94. The van der Waals surface area contributed by atoms with Crippen molar-refractivity contribution in [3.8, 4) is 0 Å². The quantitative estimate of drug-likeness (QED) is 0.419. The Hall–Kier alpha value is -0.810. The molecule has 0 amide bonds. The molecule has 3 fully saturated rings. The molecule has 2 bridgehead atoms. The largest absolute Gasteiger partial charge is 0.370 e. The van der Waals surface area contributed by atoms with Gasteiger partial charge in [0.15, 0.2) is 5.96 Å². The standard InChI is InChI=1S/C9H19N5/c1-11-9(10)12-6-8-7-13-2-4-14(8)5-3-13/h8H,2-7H2,1H3,(H3,10,11,12). The smallest absolute Gasteiger partial charge is 0.188 e. The number of nitrogens with zero attached hydrogens (tertiary/aromatic N) is 3. The molecule has 0 aromatic heterocycles. The average molecular weight is 197 g/mol. The second kappa shape index (κ2) is 4.14. The van der Waals surface area contributed by atoms with Gasteiger partial charge in [0.1, 0.15) is 0 Å². The fourth-order valence-corrected chi connectivity index (χ4v) is 2.22. The molecule has 3 heterocycles. The van der Waals surface area contributed by atoms with E-state index in [9.17, 15) is 0 Å². The van der Waals surface area contributed by atoms with E-state index in [0.29, 0.717) is 12.0 Å². The molecule has 3 aliphatic rings. The zero-order chi connectivity index (χ0) is 9.97. The first-order valence-electron chi connectivity index (χ1n) is 5.22. The predicted molar refractivity (Wildman–Crippen MR) is 57.4 cm³/mol. The molecule has 3 N–H and O–H groups in total. The number of piperazine rings is 3. The first kappa shape index (κ1) is 9.73. The lowest BCUT2D eigenvalue weighted by Crippen LogP contribution is -2.63. The van der Waals surface area contributed by atoms with Gasteiger partial charge < -0.3 is 11.1 Å². The van der Waals surface area contributed by atoms with Crippen LogP contribution >= 0.6 is 0 Å². The normalized spacial score (nSPS) is 37.2. The Bertz CT molecular complexity index is 219. The summed E-state index contributed by atoms with van der Waals surface area (Å²) in [6.45, 7) is 6.95. The molecular formula is C9H19N5. The molecule has 1 atom stereocenters. The molecule has 3 aliphatic heterocycles. The minimum absolute atomic E-state index is 0.544. The third kappa shape index (κ3) is 1.99. The second-order valence-electron chi connectivity index (χ2n) is 3.98. The van der Waals surface area contributed by atoms with Crippen LogP contribution < -0.4 is 11.1 Å². The highest BCUT2D eigenvalue weighted by molar-refractivity contribution is 5.77. The van der Waals surface area contributed by atoms with Crippen molar-refractivity contribution in [2.75, 3.05) is 46.3 Å². The number of hydrogen-bond donors (Lipinski definition) is 2. The molecule has 14 heavy (non-hydrogen) atoms. The lowest BCUT2D eigenvalue weighted by Gasteiger charge is -2.47. The highest BCUT2D eigenvalue weighted by Gasteiger charge is 2.31. The van der Waals surface area contributed by atoms with Crippen molar-refractivity contribution >= 4 is 5.96 Å². The van der Waals surface area contributed by atoms with Crippen LogP contribution in [0.3, 0.4) is 0 Å². The van der Waals surface area contributed by atoms with Crippen molar-refractivity contribution in [1.29, 1.82) is 0 Å². The number of aliphatic imine (C=N–C) groups is 1. The topological polar surface area (TPSA) is 56.9 Å². The van der Waals surface area contributed by atoms with Crippen LogP contribution in [0, 0.1) is 0 Å². The Morgan fingerprint density at radius 3 is 2.64 bits per heavy atom. The summed E-state index contributed by atoms with van der Waals surface area (Å²) in [5.74, 6) is 0.544. The molecule has 0 aromatic rings. The van der Waals surface area contributed by atoms with E-state index in [-0.39, 0.29) is 0 Å². The molecule has 0 aliphatic carbocycles. The second-order valence-corrected chi connectivity index (χ2v) is 3.98. The Kier molecular flexibility index (Phi) is 2.88. The van der Waals surface area contributed by atoms with Gasteiger partial charge in [0, 0.05) is 52.4 Å². The zero-order valence-electron chi connectivity index (χ0n) is 8.74. The summed E-state index contributed by atoms with van der Waals surface area (Å²) in [7, 11) is 1.71. The first-order valence-corrected chi connectivity index (χ1v) is 5.22. The number of hydrogen-bond acceptors (Lipinski definition) is 3. The van der Waals surface area contributed by atoms with E-state index in [1.165, 1.54) is 32.7 Å². The minimum atomic E-state index is 0.544. The Morgan fingerprint density at radius 2 is 2.14 bits per heavy atom. The van der Waals surface area contributed by atoms with Gasteiger partial charge in [0.2, 0.25) is 0 Å². The molecule has 1 unspecified atom stereocenters. The van der Waals surface area contributed by atoms with Gasteiger partial charge in [-0.2, -0.15) is 0 Å². The van der Waals surface area contributed by atoms with Gasteiger partial charge in [-0.1, -0.05) is 0 Å². The summed E-state index contributed by atoms with van der Waals surface area (Å²) in [6.07, 6.45) is 0. The Morgan fingerprint density at radius 1 is 1.43 bits per heavy atom. The van der Waals surface area contributed by atoms with E-state index in [4.69, 9.17) is 5.73 Å². The summed E-state index contributed by atoms with van der Waals surface area (Å²) < 4.78 is 0. The van der Waals surface area contributed by atoms with Gasteiger partial charge in [-0.15, -0.1) is 0 Å². The lowest BCUT2D eigenvalue weighted by molar-refractivity contribution is 0.0155. The average Bonchev–Trinajstić information content (AvgIpc) is 2.27. The number of rotatable bonds is 2. The predicted octanol–water partition coefficient (Wildman–Crippen LogP) is -1.48. The minimum Gasteiger partial charge on any atom is -0.370 e. The summed E-state index contributed by atoms with van der Waals surface area (Å²) in [5, 5.41) is 3.15. The maximum absolute atomic E-state index is 5.60. The van der Waals surface area contributed by atoms with Gasteiger partial charge in [0.25, 0.3) is 0 Å². The molecule has 5 nitrogen and oxygen atoms in total. The molecule has 0 radical (unpaired) electrons. The fraction of sp³-hybridized carbons (Fsp3) is 0.889. The van der Waals surface area contributed by atoms with Crippen LogP contribution in [0.5, 0.6) is 0 Å². The van der Waals surface area contributed by atoms with Gasteiger partial charge >= 0.3 is 0 Å². The monoisotopic (exact) mass is 197 g/mol. The molecule has 0 aromatic carbocycles. The van der Waals surface area contributed by atoms with Crippen LogP contribution in [-0.2, 0) is 0 Å². The summed E-state index contributed by atoms with van der Waals surface area (Å²) in [5.41, 5.74) is 5.60. The molecule has 0 spiro atoms. The van der Waals surface area contributed by atoms with E-state index >= 15 is 0 Å². The Labute approximate surface area is 85.0 Å². The lowest BCUT2D eigenvalue weighted by atomic mass is 10.1. The van der Waals surface area contributed by atoms with Crippen LogP contribution in [0.15, 0.2) is 4.99 Å². The third-order valence-electron chi connectivity index (χ3n) is 3.15. The van der Waals surface area contributed by atoms with Crippen LogP contribution in [0.25, 0.3) is 0 Å². The van der Waals surface area contributed by atoms with Crippen molar-refractivity contribution in [2.24, 2.45) is 10.7 Å². The molecule has 5 heteroatoms. The van der Waals surface area contributed by atoms with Crippen molar-refractivity contribution in [3.63, 3.8) is 0 Å². The molecule has 3 saturated heterocycles. The Balaban J connectivity index is 1.81. The maximum Gasteiger partial charge on any atom is 0.188 e. The molecule has 0 saturated carbocycles. The zero-order valence-corrected chi connectivity index (χ0v) is 8.74. The van der Waals surface area contributed by atoms with Crippen molar-refractivity contribution < 1.29 is 0 Å². The van der Waals surface area contributed by atoms with Crippen molar-refractivity contribution in [1.82, 2.24) is 15.1 Å². The van der Waals surface area contributed by atoms with E-state index in [1.54, 1.807) is 7.05 Å². The fourth-order valence-electron chi connectivity index (χ4n) is 2.22. The number of nitrogens with two attached hydrogens (primary N) is 1.